The Morgan fingerprint density at radius 2 is 1.95 bits per heavy atom. The van der Waals surface area contributed by atoms with Crippen molar-refractivity contribution in [3.63, 3.8) is 0 Å². The molecule has 0 atom stereocenters. The molecule has 21 heavy (non-hydrogen) atoms. The predicted molar refractivity (Wildman–Crippen MR) is 76.9 cm³/mol. The van der Waals surface area contributed by atoms with Crippen LogP contribution in [-0.4, -0.2) is 18.2 Å². The minimum absolute atomic E-state index is 0.0247. The molecule has 1 aromatic heterocycles. The first-order valence-electron chi connectivity index (χ1n) is 7.09. The van der Waals surface area contributed by atoms with Gasteiger partial charge in [-0.2, -0.15) is 0 Å². The maximum absolute atomic E-state index is 12.2. The van der Waals surface area contributed by atoms with Gasteiger partial charge >= 0.3 is 0 Å². The zero-order chi connectivity index (χ0) is 14.7. The number of carbonyl (C=O) groups excluding carboxylic acids is 2. The highest BCUT2D eigenvalue weighted by Gasteiger charge is 2.16. The van der Waals surface area contributed by atoms with Crippen LogP contribution in [0, 0.1) is 0 Å². The maximum Gasteiger partial charge on any atom is 0.198 e. The quantitative estimate of drug-likeness (QED) is 0.789. The molecular weight excluding hydrogens is 268 g/mol. The van der Waals surface area contributed by atoms with Crippen molar-refractivity contribution in [2.45, 2.75) is 25.7 Å². The molecule has 3 rings (SSSR count). The zero-order valence-corrected chi connectivity index (χ0v) is 11.6. The molecule has 0 bridgehead atoms. The number of carbonyl (C=O) groups is 2. The topological polar surface area (TPSA) is 56.5 Å². The summed E-state index contributed by atoms with van der Waals surface area (Å²) >= 11 is 0. The summed E-state index contributed by atoms with van der Waals surface area (Å²) in [5, 5.41) is 0. The molecule has 108 valence electrons. The highest BCUT2D eigenvalue weighted by atomic mass is 16.5. The lowest BCUT2D eigenvalue weighted by atomic mass is 9.99. The van der Waals surface area contributed by atoms with E-state index < -0.39 is 0 Å². The molecule has 4 nitrogen and oxygen atoms in total. The van der Waals surface area contributed by atoms with Crippen molar-refractivity contribution in [2.75, 3.05) is 6.61 Å². The predicted octanol–water partition coefficient (Wildman–Crippen LogP) is 3.45. The van der Waals surface area contributed by atoms with Crippen LogP contribution >= 0.6 is 0 Å². The number of benzene rings is 1. The van der Waals surface area contributed by atoms with E-state index in [2.05, 4.69) is 0 Å². The number of aryl methyl sites for hydroxylation is 1. The van der Waals surface area contributed by atoms with Gasteiger partial charge in [0.25, 0.3) is 0 Å². The second-order valence-corrected chi connectivity index (χ2v) is 5.10. The van der Waals surface area contributed by atoms with E-state index in [1.54, 1.807) is 18.2 Å². The summed E-state index contributed by atoms with van der Waals surface area (Å²) < 4.78 is 10.6. The number of rotatable bonds is 5. The molecule has 0 N–H and O–H groups in total. The molecule has 0 amide bonds. The van der Waals surface area contributed by atoms with Crippen LogP contribution < -0.4 is 4.74 Å². The Balaban J connectivity index is 1.64. The number of Topliss-reactive ketones (excluding diaryl/α,β-unsaturated/α-hetero) is 2. The Bertz CT molecular complexity index is 655. The Hall–Kier alpha value is -2.36. The Labute approximate surface area is 122 Å². The summed E-state index contributed by atoms with van der Waals surface area (Å²) in [4.78, 5) is 24.0. The van der Waals surface area contributed by atoms with E-state index in [0.29, 0.717) is 11.3 Å². The minimum atomic E-state index is -0.144. The molecule has 0 saturated heterocycles. The lowest BCUT2D eigenvalue weighted by molar-refractivity contribution is 0.0902. The first kappa shape index (κ1) is 13.6. The summed E-state index contributed by atoms with van der Waals surface area (Å²) in [7, 11) is 0. The van der Waals surface area contributed by atoms with Gasteiger partial charge in [-0.15, -0.1) is 0 Å². The van der Waals surface area contributed by atoms with Gasteiger partial charge in [0, 0.05) is 18.4 Å². The van der Waals surface area contributed by atoms with E-state index in [9.17, 15) is 9.59 Å². The van der Waals surface area contributed by atoms with E-state index in [1.165, 1.54) is 6.26 Å². The minimum Gasteiger partial charge on any atom is -0.493 e. The molecule has 1 aliphatic rings. The van der Waals surface area contributed by atoms with E-state index in [-0.39, 0.29) is 24.4 Å². The lowest BCUT2D eigenvalue weighted by Crippen LogP contribution is -2.10. The van der Waals surface area contributed by atoms with Gasteiger partial charge in [-0.3, -0.25) is 9.59 Å². The van der Waals surface area contributed by atoms with Crippen LogP contribution in [0.3, 0.4) is 0 Å². The second-order valence-electron chi connectivity index (χ2n) is 5.10. The molecule has 0 radical (unpaired) electrons. The van der Waals surface area contributed by atoms with Crippen LogP contribution in [0.2, 0.25) is 0 Å². The fourth-order valence-electron chi connectivity index (χ4n) is 2.47. The molecule has 1 aromatic carbocycles. The Kier molecular flexibility index (Phi) is 3.86. The Morgan fingerprint density at radius 1 is 1.10 bits per heavy atom. The number of ketones is 2. The standard InChI is InChI=1S/C17H16O4/c18-14(6-7-15(19)17-4-2-10-21-17)12-5-8-16-13(11-12)3-1-9-20-16/h2,4-5,8,10-11H,1,3,6-7,9H2. The smallest absolute Gasteiger partial charge is 0.198 e. The Morgan fingerprint density at radius 3 is 2.76 bits per heavy atom. The van der Waals surface area contributed by atoms with Gasteiger partial charge in [0.15, 0.2) is 17.3 Å². The van der Waals surface area contributed by atoms with Gasteiger partial charge in [-0.25, -0.2) is 0 Å². The van der Waals surface area contributed by atoms with Crippen LogP contribution in [0.15, 0.2) is 41.0 Å². The summed E-state index contributed by atoms with van der Waals surface area (Å²) in [5.41, 5.74) is 1.72. The molecule has 0 saturated carbocycles. The van der Waals surface area contributed by atoms with Crippen LogP contribution in [0.25, 0.3) is 0 Å². The molecule has 2 aromatic rings. The van der Waals surface area contributed by atoms with E-state index in [4.69, 9.17) is 9.15 Å². The number of fused-ring (bicyclic) bond motifs is 1. The fraction of sp³-hybridized carbons (Fsp3) is 0.294. The van der Waals surface area contributed by atoms with Gasteiger partial charge < -0.3 is 9.15 Å². The van der Waals surface area contributed by atoms with Crippen molar-refractivity contribution in [2.24, 2.45) is 0 Å². The third kappa shape index (κ3) is 3.05. The van der Waals surface area contributed by atoms with Gasteiger partial charge in [0.1, 0.15) is 5.75 Å². The third-order valence-electron chi connectivity index (χ3n) is 3.61. The maximum atomic E-state index is 12.2. The van der Waals surface area contributed by atoms with Crippen molar-refractivity contribution in [1.82, 2.24) is 0 Å². The summed E-state index contributed by atoms with van der Waals surface area (Å²) in [6.07, 6.45) is 3.72. The molecule has 0 spiro atoms. The normalized spacial score (nSPS) is 13.3. The van der Waals surface area contributed by atoms with Crippen LogP contribution in [0.4, 0.5) is 0 Å². The molecule has 2 heterocycles. The first-order chi connectivity index (χ1) is 10.2. The number of hydrogen-bond donors (Lipinski definition) is 0. The fourth-order valence-corrected chi connectivity index (χ4v) is 2.47. The SMILES string of the molecule is O=C(CCC(=O)c1ccco1)c1ccc2c(c1)CCCO2. The average molecular weight is 284 g/mol. The largest absolute Gasteiger partial charge is 0.493 e. The van der Waals surface area contributed by atoms with E-state index in [0.717, 1.165) is 30.8 Å². The van der Waals surface area contributed by atoms with Crippen molar-refractivity contribution >= 4 is 11.6 Å². The number of hydrogen-bond acceptors (Lipinski definition) is 4. The summed E-state index contributed by atoms with van der Waals surface area (Å²) in [5.74, 6) is 1.00. The second kappa shape index (κ2) is 5.95. The van der Waals surface area contributed by atoms with Gasteiger partial charge in [-0.1, -0.05) is 0 Å². The third-order valence-corrected chi connectivity index (χ3v) is 3.61. The van der Waals surface area contributed by atoms with Crippen molar-refractivity contribution < 1.29 is 18.7 Å². The van der Waals surface area contributed by atoms with E-state index >= 15 is 0 Å². The van der Waals surface area contributed by atoms with Crippen molar-refractivity contribution in [3.05, 3.63) is 53.5 Å². The monoisotopic (exact) mass is 284 g/mol. The average Bonchev–Trinajstić information content (AvgIpc) is 3.06. The molecule has 1 aliphatic heterocycles. The van der Waals surface area contributed by atoms with Gasteiger partial charge in [-0.05, 0) is 48.7 Å². The van der Waals surface area contributed by atoms with E-state index in [1.807, 2.05) is 12.1 Å². The molecule has 4 heteroatoms. The van der Waals surface area contributed by atoms with Crippen molar-refractivity contribution in [1.29, 1.82) is 0 Å². The van der Waals surface area contributed by atoms with Crippen LogP contribution in [0.5, 0.6) is 5.75 Å². The summed E-state index contributed by atoms with van der Waals surface area (Å²) in [6, 6.07) is 8.77. The highest BCUT2D eigenvalue weighted by molar-refractivity contribution is 6.01. The van der Waals surface area contributed by atoms with Gasteiger partial charge in [0.2, 0.25) is 0 Å². The first-order valence-corrected chi connectivity index (χ1v) is 7.09. The molecule has 0 aliphatic carbocycles. The summed E-state index contributed by atoms with van der Waals surface area (Å²) in [6.45, 7) is 0.734. The van der Waals surface area contributed by atoms with Gasteiger partial charge in [0.05, 0.1) is 12.9 Å². The molecule has 0 fully saturated rings. The van der Waals surface area contributed by atoms with Crippen LogP contribution in [-0.2, 0) is 6.42 Å². The number of ether oxygens (including phenoxy) is 1. The van der Waals surface area contributed by atoms with Crippen LogP contribution in [0.1, 0.15) is 45.7 Å². The van der Waals surface area contributed by atoms with Crippen molar-refractivity contribution in [3.8, 4) is 5.75 Å². The molecular formula is C17H16O4. The molecule has 0 unspecified atom stereocenters. The number of furan rings is 1. The zero-order valence-electron chi connectivity index (χ0n) is 11.6. The lowest BCUT2D eigenvalue weighted by Gasteiger charge is -2.17. The highest BCUT2D eigenvalue weighted by Crippen LogP contribution is 2.26.